The van der Waals surface area contributed by atoms with Crippen LogP contribution in [0.3, 0.4) is 0 Å². The largest absolute Gasteiger partial charge is 0.382 e. The maximum atomic E-state index is 13.0. The number of ether oxygens (including phenoxy) is 1. The molecule has 31 heavy (non-hydrogen) atoms. The third-order valence-electron chi connectivity index (χ3n) is 4.74. The second kappa shape index (κ2) is 9.82. The van der Waals surface area contributed by atoms with Gasteiger partial charge in [0.25, 0.3) is 5.56 Å². The van der Waals surface area contributed by atoms with Gasteiger partial charge in [0.15, 0.2) is 0 Å². The minimum atomic E-state index is -0.100. The number of benzene rings is 2. The van der Waals surface area contributed by atoms with E-state index in [9.17, 15) is 4.79 Å². The summed E-state index contributed by atoms with van der Waals surface area (Å²) in [5.41, 5.74) is 5.24. The first kappa shape index (κ1) is 20.5. The van der Waals surface area contributed by atoms with Gasteiger partial charge in [0.1, 0.15) is 0 Å². The molecule has 2 aromatic heterocycles. The average molecular weight is 416 g/mol. The maximum Gasteiger partial charge on any atom is 0.262 e. The van der Waals surface area contributed by atoms with Crippen LogP contribution in [-0.4, -0.2) is 38.8 Å². The number of hydrogen-bond donors (Lipinski definition) is 1. The molecule has 0 aliphatic rings. The van der Waals surface area contributed by atoms with Crippen molar-refractivity contribution >= 4 is 23.1 Å². The summed E-state index contributed by atoms with van der Waals surface area (Å²) in [6, 6.07) is 17.1. The Labute approximate surface area is 179 Å². The Morgan fingerprint density at radius 2 is 1.94 bits per heavy atom. The Hall–Kier alpha value is -3.78. The van der Waals surface area contributed by atoms with Crippen LogP contribution in [0.4, 0.5) is 5.95 Å². The Morgan fingerprint density at radius 3 is 2.77 bits per heavy atom. The van der Waals surface area contributed by atoms with Gasteiger partial charge in [-0.2, -0.15) is 10.2 Å². The van der Waals surface area contributed by atoms with E-state index in [2.05, 4.69) is 20.6 Å². The molecule has 1 N–H and O–H groups in total. The Balaban J connectivity index is 1.55. The zero-order valence-corrected chi connectivity index (χ0v) is 17.3. The topological polar surface area (TPSA) is 86.3 Å². The molecular formula is C23H24N6O2. The summed E-state index contributed by atoms with van der Waals surface area (Å²) in [6.07, 6.45) is 5.96. The van der Waals surface area contributed by atoms with Crippen LogP contribution < -0.4 is 11.0 Å². The summed E-state index contributed by atoms with van der Waals surface area (Å²) in [5, 5.41) is 9.23. The van der Waals surface area contributed by atoms with Gasteiger partial charge < -0.3 is 4.74 Å². The fourth-order valence-electron chi connectivity index (χ4n) is 3.22. The number of hydrogen-bond acceptors (Lipinski definition) is 6. The molecule has 0 amide bonds. The molecule has 0 fully saturated rings. The quantitative estimate of drug-likeness (QED) is 0.257. The molecule has 0 aliphatic heterocycles. The van der Waals surface area contributed by atoms with Crippen molar-refractivity contribution < 1.29 is 4.74 Å². The van der Waals surface area contributed by atoms with Crippen molar-refractivity contribution in [3.63, 3.8) is 0 Å². The molecule has 0 radical (unpaired) electrons. The molecule has 4 aromatic rings. The molecule has 2 aromatic carbocycles. The van der Waals surface area contributed by atoms with E-state index in [-0.39, 0.29) is 5.56 Å². The number of hydrazone groups is 1. The van der Waals surface area contributed by atoms with Crippen molar-refractivity contribution in [2.24, 2.45) is 5.10 Å². The highest BCUT2D eigenvalue weighted by atomic mass is 16.5. The van der Waals surface area contributed by atoms with E-state index in [1.54, 1.807) is 27.7 Å². The number of para-hydroxylation sites is 2. The Morgan fingerprint density at radius 1 is 1.13 bits per heavy atom. The van der Waals surface area contributed by atoms with Gasteiger partial charge in [0.2, 0.25) is 5.95 Å². The number of nitrogens with zero attached hydrogens (tertiary/aromatic N) is 5. The second-order valence-electron chi connectivity index (χ2n) is 6.88. The number of rotatable bonds is 9. The van der Waals surface area contributed by atoms with Crippen molar-refractivity contribution in [3.05, 3.63) is 82.9 Å². The molecule has 0 unspecified atom stereocenters. The molecule has 8 nitrogen and oxygen atoms in total. The first-order valence-electron chi connectivity index (χ1n) is 10.2. The van der Waals surface area contributed by atoms with E-state index in [1.165, 1.54) is 0 Å². The van der Waals surface area contributed by atoms with Crippen molar-refractivity contribution in [2.75, 3.05) is 18.6 Å². The first-order chi connectivity index (χ1) is 15.3. The van der Waals surface area contributed by atoms with Gasteiger partial charge in [-0.15, -0.1) is 0 Å². The highest BCUT2D eigenvalue weighted by Gasteiger charge is 2.10. The minimum absolute atomic E-state index is 0.100. The molecule has 0 bridgehead atoms. The molecular weight excluding hydrogens is 392 g/mol. The van der Waals surface area contributed by atoms with Crippen LogP contribution >= 0.6 is 0 Å². The monoisotopic (exact) mass is 416 g/mol. The summed E-state index contributed by atoms with van der Waals surface area (Å²) in [5.74, 6) is 0.395. The predicted octanol–water partition coefficient (Wildman–Crippen LogP) is 3.45. The molecule has 0 saturated carbocycles. The van der Waals surface area contributed by atoms with Gasteiger partial charge in [-0.1, -0.05) is 30.3 Å². The van der Waals surface area contributed by atoms with E-state index in [0.717, 1.165) is 11.3 Å². The van der Waals surface area contributed by atoms with E-state index >= 15 is 0 Å². The lowest BCUT2D eigenvalue weighted by Gasteiger charge is -2.12. The predicted molar refractivity (Wildman–Crippen MR) is 122 cm³/mol. The number of fused-ring (bicyclic) bond motifs is 1. The Bertz CT molecular complexity index is 1230. The Kier molecular flexibility index (Phi) is 6.49. The fraction of sp³-hybridized carbons (Fsp3) is 0.217. The fourth-order valence-corrected chi connectivity index (χ4v) is 3.22. The molecule has 0 atom stereocenters. The molecule has 0 saturated heterocycles. The van der Waals surface area contributed by atoms with E-state index < -0.39 is 0 Å². The molecule has 4 rings (SSSR count). The summed E-state index contributed by atoms with van der Waals surface area (Å²) >= 11 is 0. The molecule has 8 heteroatoms. The van der Waals surface area contributed by atoms with Gasteiger partial charge in [-0.3, -0.25) is 9.36 Å². The SMILES string of the molecule is CCOCCCn1c(N/N=C\c2cnn(-c3ccccc3)c2)nc2ccccc2c1=O. The van der Waals surface area contributed by atoms with Gasteiger partial charge in [-0.25, -0.2) is 15.1 Å². The average Bonchev–Trinajstić information content (AvgIpc) is 3.28. The summed E-state index contributed by atoms with van der Waals surface area (Å²) in [4.78, 5) is 17.6. The third-order valence-corrected chi connectivity index (χ3v) is 4.74. The van der Waals surface area contributed by atoms with Crippen LogP contribution in [0, 0.1) is 0 Å². The van der Waals surface area contributed by atoms with Crippen LogP contribution in [0.15, 0.2) is 76.9 Å². The summed E-state index contributed by atoms with van der Waals surface area (Å²) in [7, 11) is 0. The smallest absolute Gasteiger partial charge is 0.262 e. The van der Waals surface area contributed by atoms with Gasteiger partial charge in [0, 0.05) is 31.5 Å². The third kappa shape index (κ3) is 4.87. The lowest BCUT2D eigenvalue weighted by Crippen LogP contribution is -2.25. The van der Waals surface area contributed by atoms with Gasteiger partial charge in [-0.05, 0) is 37.6 Å². The lowest BCUT2D eigenvalue weighted by molar-refractivity contribution is 0.141. The second-order valence-corrected chi connectivity index (χ2v) is 6.88. The van der Waals surface area contributed by atoms with Crippen molar-refractivity contribution in [3.8, 4) is 5.69 Å². The molecule has 0 aliphatic carbocycles. The van der Waals surface area contributed by atoms with Crippen molar-refractivity contribution in [1.29, 1.82) is 0 Å². The van der Waals surface area contributed by atoms with Crippen LogP contribution in [0.5, 0.6) is 0 Å². The van der Waals surface area contributed by atoms with Crippen LogP contribution in [0.2, 0.25) is 0 Å². The zero-order chi connectivity index (χ0) is 21.5. The standard InChI is InChI=1S/C23H24N6O2/c1-2-31-14-8-13-28-22(30)20-11-6-7-12-21(20)26-23(28)27-24-15-18-16-25-29(17-18)19-9-4-3-5-10-19/h3-7,9-12,15-17H,2,8,13-14H2,1H3,(H,26,27)/b24-15-. The van der Waals surface area contributed by atoms with E-state index in [4.69, 9.17) is 4.74 Å². The number of nitrogens with one attached hydrogen (secondary N) is 1. The number of anilines is 1. The van der Waals surface area contributed by atoms with Crippen LogP contribution in [0.1, 0.15) is 18.9 Å². The van der Waals surface area contributed by atoms with Gasteiger partial charge >= 0.3 is 0 Å². The number of aromatic nitrogens is 4. The zero-order valence-electron chi connectivity index (χ0n) is 17.3. The minimum Gasteiger partial charge on any atom is -0.382 e. The first-order valence-corrected chi connectivity index (χ1v) is 10.2. The normalized spacial score (nSPS) is 11.4. The maximum absolute atomic E-state index is 13.0. The van der Waals surface area contributed by atoms with Crippen molar-refractivity contribution in [1.82, 2.24) is 19.3 Å². The summed E-state index contributed by atoms with van der Waals surface area (Å²) in [6.45, 7) is 3.67. The van der Waals surface area contributed by atoms with E-state index in [1.807, 2.05) is 61.7 Å². The van der Waals surface area contributed by atoms with Crippen LogP contribution in [0.25, 0.3) is 16.6 Å². The summed E-state index contributed by atoms with van der Waals surface area (Å²) < 4.78 is 8.79. The highest BCUT2D eigenvalue weighted by Crippen LogP contribution is 2.12. The molecule has 0 spiro atoms. The molecule has 158 valence electrons. The molecule has 2 heterocycles. The van der Waals surface area contributed by atoms with E-state index in [0.29, 0.717) is 43.0 Å². The van der Waals surface area contributed by atoms with Crippen molar-refractivity contribution in [2.45, 2.75) is 19.9 Å². The lowest BCUT2D eigenvalue weighted by atomic mass is 10.2. The van der Waals surface area contributed by atoms with Crippen LogP contribution in [-0.2, 0) is 11.3 Å². The highest BCUT2D eigenvalue weighted by molar-refractivity contribution is 5.80. The van der Waals surface area contributed by atoms with Gasteiger partial charge in [0.05, 0.1) is 29.0 Å².